The quantitative estimate of drug-likeness (QED) is 0.804. The average Bonchev–Trinajstić information content (AvgIpc) is 2.92. The number of hydrogen-bond donors (Lipinski definition) is 0. The summed E-state index contributed by atoms with van der Waals surface area (Å²) in [5.41, 5.74) is 4.89. The maximum Gasteiger partial charge on any atom is 0.227 e. The van der Waals surface area contributed by atoms with Crippen LogP contribution in [-0.2, 0) is 11.2 Å². The van der Waals surface area contributed by atoms with Gasteiger partial charge in [0.15, 0.2) is 0 Å². The summed E-state index contributed by atoms with van der Waals surface area (Å²) in [5, 5.41) is 5.39. The number of hydrogen-bond acceptors (Lipinski definition) is 3. The number of piperazine rings is 1. The van der Waals surface area contributed by atoms with Crippen molar-refractivity contribution in [1.82, 2.24) is 19.6 Å². The molecule has 27 heavy (non-hydrogen) atoms. The highest BCUT2D eigenvalue weighted by Gasteiger charge is 2.24. The zero-order valence-corrected chi connectivity index (χ0v) is 17.7. The van der Waals surface area contributed by atoms with E-state index in [0.717, 1.165) is 59.4 Å². The van der Waals surface area contributed by atoms with E-state index in [2.05, 4.69) is 23.8 Å². The first-order valence-corrected chi connectivity index (χ1v) is 9.99. The number of rotatable bonds is 4. The second kappa shape index (κ2) is 8.03. The van der Waals surface area contributed by atoms with Crippen LogP contribution in [0.4, 0.5) is 0 Å². The molecule has 0 N–H and O–H groups in total. The minimum atomic E-state index is 0.186. The molecule has 1 amide bonds. The number of carbonyl (C=O) groups is 1. The molecule has 2 heterocycles. The van der Waals surface area contributed by atoms with Gasteiger partial charge in [-0.25, -0.2) is 4.68 Å². The zero-order valence-electron chi connectivity index (χ0n) is 16.9. The Morgan fingerprint density at radius 1 is 1.15 bits per heavy atom. The lowest BCUT2D eigenvalue weighted by Gasteiger charge is -2.37. The predicted octanol–water partition coefficient (Wildman–Crippen LogP) is 3.55. The van der Waals surface area contributed by atoms with Gasteiger partial charge in [0.2, 0.25) is 5.91 Å². The van der Waals surface area contributed by atoms with Gasteiger partial charge in [-0.2, -0.15) is 5.10 Å². The molecule has 0 saturated carbocycles. The van der Waals surface area contributed by atoms with Gasteiger partial charge < -0.3 is 4.90 Å². The fourth-order valence-electron chi connectivity index (χ4n) is 3.65. The zero-order chi connectivity index (χ0) is 19.7. The second-order valence-corrected chi connectivity index (χ2v) is 8.09. The Kier molecular flexibility index (Phi) is 5.92. The third kappa shape index (κ3) is 4.19. The van der Waals surface area contributed by atoms with Gasteiger partial charge in [-0.3, -0.25) is 9.69 Å². The van der Waals surface area contributed by atoms with Crippen LogP contribution in [0, 0.1) is 20.8 Å². The van der Waals surface area contributed by atoms with Gasteiger partial charge in [-0.1, -0.05) is 17.7 Å². The minimum Gasteiger partial charge on any atom is -0.340 e. The van der Waals surface area contributed by atoms with Crippen molar-refractivity contribution in [2.24, 2.45) is 0 Å². The number of carbonyl (C=O) groups excluding carboxylic acids is 1. The Morgan fingerprint density at radius 3 is 2.41 bits per heavy atom. The van der Waals surface area contributed by atoms with E-state index >= 15 is 0 Å². The van der Waals surface area contributed by atoms with Crippen molar-refractivity contribution < 1.29 is 4.79 Å². The highest BCUT2D eigenvalue weighted by Crippen LogP contribution is 2.23. The number of aromatic nitrogens is 2. The second-order valence-electron chi connectivity index (χ2n) is 7.68. The molecule has 1 aliphatic rings. The van der Waals surface area contributed by atoms with Crippen molar-refractivity contribution in [3.05, 3.63) is 45.7 Å². The number of halogens is 1. The van der Waals surface area contributed by atoms with E-state index in [1.54, 1.807) is 0 Å². The Labute approximate surface area is 166 Å². The summed E-state index contributed by atoms with van der Waals surface area (Å²) in [4.78, 5) is 17.2. The van der Waals surface area contributed by atoms with Crippen LogP contribution in [0.2, 0.25) is 5.02 Å². The topological polar surface area (TPSA) is 41.4 Å². The van der Waals surface area contributed by atoms with E-state index in [4.69, 9.17) is 11.6 Å². The molecular weight excluding hydrogens is 360 g/mol. The van der Waals surface area contributed by atoms with Crippen molar-refractivity contribution in [2.45, 2.75) is 47.1 Å². The molecule has 1 saturated heterocycles. The van der Waals surface area contributed by atoms with Crippen LogP contribution in [0.3, 0.4) is 0 Å². The van der Waals surface area contributed by atoms with Crippen LogP contribution in [0.1, 0.15) is 36.4 Å². The normalized spacial score (nSPS) is 15.6. The Balaban J connectivity index is 1.75. The van der Waals surface area contributed by atoms with Crippen LogP contribution in [0.5, 0.6) is 0 Å². The Hall–Kier alpha value is -1.85. The van der Waals surface area contributed by atoms with Gasteiger partial charge in [0.05, 0.1) is 17.8 Å². The Bertz CT molecular complexity index is 835. The molecule has 2 aromatic rings. The van der Waals surface area contributed by atoms with Crippen LogP contribution in [0.15, 0.2) is 18.2 Å². The molecular formula is C21H29ClN4O. The van der Waals surface area contributed by atoms with E-state index in [0.29, 0.717) is 12.5 Å². The van der Waals surface area contributed by atoms with Crippen LogP contribution >= 0.6 is 11.6 Å². The van der Waals surface area contributed by atoms with Crippen molar-refractivity contribution in [3.63, 3.8) is 0 Å². The fourth-order valence-corrected chi connectivity index (χ4v) is 3.82. The average molecular weight is 389 g/mol. The number of nitrogens with zero attached hydrogens (tertiary/aromatic N) is 4. The standard InChI is InChI=1S/C21H29ClN4O/c1-14(2)24-8-10-25(11-9-24)21(27)13-19-16(4)23-26(17(19)5)18-7-6-15(3)20(22)12-18/h6-7,12,14H,8-11,13H2,1-5H3. The molecule has 1 aromatic carbocycles. The molecule has 6 heteroatoms. The SMILES string of the molecule is Cc1ccc(-n2nc(C)c(CC(=O)N3CCN(C(C)C)CC3)c2C)cc1Cl. The highest BCUT2D eigenvalue weighted by molar-refractivity contribution is 6.31. The summed E-state index contributed by atoms with van der Waals surface area (Å²) in [6.07, 6.45) is 0.402. The molecule has 5 nitrogen and oxygen atoms in total. The third-order valence-electron chi connectivity index (χ3n) is 5.57. The summed E-state index contributed by atoms with van der Waals surface area (Å²) in [5.74, 6) is 0.186. The van der Waals surface area contributed by atoms with E-state index in [9.17, 15) is 4.79 Å². The van der Waals surface area contributed by atoms with Gasteiger partial charge in [0.25, 0.3) is 0 Å². The van der Waals surface area contributed by atoms with E-state index in [1.807, 2.05) is 48.6 Å². The lowest BCUT2D eigenvalue weighted by molar-refractivity contribution is -0.132. The molecule has 3 rings (SSSR count). The number of aryl methyl sites for hydroxylation is 2. The molecule has 0 spiro atoms. The number of benzene rings is 1. The molecule has 0 radical (unpaired) electrons. The largest absolute Gasteiger partial charge is 0.340 e. The minimum absolute atomic E-state index is 0.186. The first-order chi connectivity index (χ1) is 12.8. The van der Waals surface area contributed by atoms with Crippen LogP contribution in [0.25, 0.3) is 5.69 Å². The van der Waals surface area contributed by atoms with Gasteiger partial charge in [-0.15, -0.1) is 0 Å². The third-order valence-corrected chi connectivity index (χ3v) is 5.97. The summed E-state index contributed by atoms with van der Waals surface area (Å²) < 4.78 is 1.89. The van der Waals surface area contributed by atoms with Crippen molar-refractivity contribution in [3.8, 4) is 5.69 Å². The van der Waals surface area contributed by atoms with Crippen molar-refractivity contribution >= 4 is 17.5 Å². The van der Waals surface area contributed by atoms with Crippen molar-refractivity contribution in [2.75, 3.05) is 26.2 Å². The predicted molar refractivity (Wildman–Crippen MR) is 110 cm³/mol. The van der Waals surface area contributed by atoms with Gasteiger partial charge in [-0.05, 0) is 52.3 Å². The molecule has 146 valence electrons. The monoisotopic (exact) mass is 388 g/mol. The molecule has 0 atom stereocenters. The van der Waals surface area contributed by atoms with E-state index < -0.39 is 0 Å². The van der Waals surface area contributed by atoms with E-state index in [-0.39, 0.29) is 5.91 Å². The fraction of sp³-hybridized carbons (Fsp3) is 0.524. The van der Waals surface area contributed by atoms with Crippen LogP contribution < -0.4 is 0 Å². The maximum atomic E-state index is 12.8. The maximum absolute atomic E-state index is 12.8. The van der Waals surface area contributed by atoms with Gasteiger partial charge in [0, 0.05) is 48.5 Å². The van der Waals surface area contributed by atoms with E-state index in [1.165, 1.54) is 0 Å². The molecule has 0 aliphatic carbocycles. The summed E-state index contributed by atoms with van der Waals surface area (Å²) in [6, 6.07) is 6.46. The molecule has 0 bridgehead atoms. The van der Waals surface area contributed by atoms with Crippen molar-refractivity contribution in [1.29, 1.82) is 0 Å². The summed E-state index contributed by atoms with van der Waals surface area (Å²) >= 11 is 6.28. The lowest BCUT2D eigenvalue weighted by Crippen LogP contribution is -2.51. The summed E-state index contributed by atoms with van der Waals surface area (Å²) in [7, 11) is 0. The first kappa shape index (κ1) is 19.9. The summed E-state index contributed by atoms with van der Waals surface area (Å²) in [6.45, 7) is 13.9. The Morgan fingerprint density at radius 2 is 1.81 bits per heavy atom. The highest BCUT2D eigenvalue weighted by atomic mass is 35.5. The van der Waals surface area contributed by atoms with Gasteiger partial charge in [0.1, 0.15) is 0 Å². The molecule has 1 aromatic heterocycles. The lowest BCUT2D eigenvalue weighted by atomic mass is 10.1. The first-order valence-electron chi connectivity index (χ1n) is 9.61. The smallest absolute Gasteiger partial charge is 0.227 e. The number of amides is 1. The molecule has 0 unspecified atom stereocenters. The molecule has 1 fully saturated rings. The van der Waals surface area contributed by atoms with Gasteiger partial charge >= 0.3 is 0 Å². The molecule has 1 aliphatic heterocycles. The van der Waals surface area contributed by atoms with Crippen LogP contribution in [-0.4, -0.2) is 57.7 Å².